The first-order valence-corrected chi connectivity index (χ1v) is 12.5. The van der Waals surface area contributed by atoms with E-state index in [-0.39, 0.29) is 17.7 Å². The van der Waals surface area contributed by atoms with E-state index in [1.807, 2.05) is 36.4 Å². The first-order valence-electron chi connectivity index (χ1n) is 11.6. The van der Waals surface area contributed by atoms with Crippen molar-refractivity contribution in [2.45, 2.75) is 23.5 Å². The number of nitrogens with one attached hydrogen (secondary N) is 1. The van der Waals surface area contributed by atoms with E-state index in [0.717, 1.165) is 16.9 Å². The third-order valence-corrected chi connectivity index (χ3v) is 6.35. The van der Waals surface area contributed by atoms with Crippen LogP contribution < -0.4 is 15.8 Å². The number of hydrogen-bond acceptors (Lipinski definition) is 10. The number of nitrogen functional groups attached to an aromatic ring is 1. The van der Waals surface area contributed by atoms with Crippen molar-refractivity contribution in [2.24, 2.45) is 0 Å². The van der Waals surface area contributed by atoms with Crippen molar-refractivity contribution in [3.05, 3.63) is 60.4 Å². The van der Waals surface area contributed by atoms with Gasteiger partial charge in [0.25, 0.3) is 5.91 Å². The maximum Gasteiger partial charge on any atom is 0.373 e. The summed E-state index contributed by atoms with van der Waals surface area (Å²) in [5.74, 6) is 0.132. The molecule has 3 N–H and O–H groups in total. The first-order chi connectivity index (χ1) is 18.0. The highest BCUT2D eigenvalue weighted by Crippen LogP contribution is 2.29. The molecular formula is C26H28N4O6S. The lowest BCUT2D eigenvalue weighted by Crippen LogP contribution is -2.18. The summed E-state index contributed by atoms with van der Waals surface area (Å²) in [5, 5.41) is 3.24. The fraction of sp³-hybridized carbons (Fsp3) is 0.308. The Morgan fingerprint density at radius 3 is 2.43 bits per heavy atom. The summed E-state index contributed by atoms with van der Waals surface area (Å²) in [4.78, 5) is 39.1. The molecule has 4 bridgehead atoms. The predicted molar refractivity (Wildman–Crippen MR) is 138 cm³/mol. The molecule has 0 saturated carbocycles. The van der Waals surface area contributed by atoms with Crippen LogP contribution in [0.5, 0.6) is 5.75 Å². The van der Waals surface area contributed by atoms with Crippen molar-refractivity contribution < 1.29 is 28.6 Å². The summed E-state index contributed by atoms with van der Waals surface area (Å²) in [7, 11) is 0. The summed E-state index contributed by atoms with van der Waals surface area (Å²) < 4.78 is 17.1. The number of ether oxygens (including phenoxy) is 3. The normalized spacial score (nSPS) is 16.8. The van der Waals surface area contributed by atoms with Crippen LogP contribution in [0.15, 0.2) is 59.6 Å². The molecule has 1 unspecified atom stereocenters. The Morgan fingerprint density at radius 2 is 1.68 bits per heavy atom. The average molecular weight is 525 g/mol. The van der Waals surface area contributed by atoms with Crippen molar-refractivity contribution in [1.29, 1.82) is 0 Å². The van der Waals surface area contributed by atoms with E-state index in [1.54, 1.807) is 30.1 Å². The molecule has 10 nitrogen and oxygen atoms in total. The number of thioether (sulfide) groups is 1. The van der Waals surface area contributed by atoms with E-state index in [4.69, 9.17) is 29.5 Å². The van der Waals surface area contributed by atoms with E-state index in [1.165, 1.54) is 0 Å². The zero-order chi connectivity index (χ0) is 26.5. The molecule has 11 heteroatoms. The number of anilines is 2. The molecule has 1 aromatic heterocycles. The van der Waals surface area contributed by atoms with Crippen LogP contribution in [0.25, 0.3) is 11.3 Å². The quantitative estimate of drug-likeness (QED) is 0.418. The fourth-order valence-electron chi connectivity index (χ4n) is 3.36. The maximum atomic E-state index is 13.0. The van der Waals surface area contributed by atoms with Gasteiger partial charge in [-0.3, -0.25) is 4.79 Å². The van der Waals surface area contributed by atoms with Crippen LogP contribution in [0.4, 0.5) is 11.5 Å². The Labute approximate surface area is 218 Å². The van der Waals surface area contributed by atoms with E-state index in [9.17, 15) is 4.79 Å². The number of benzene rings is 2. The third kappa shape index (κ3) is 8.69. The number of amides is 1. The van der Waals surface area contributed by atoms with E-state index < -0.39 is 5.91 Å². The number of nitrogens with two attached hydrogens (primary N) is 1. The average Bonchev–Trinajstić information content (AvgIpc) is 2.89. The van der Waals surface area contributed by atoms with Gasteiger partial charge in [-0.15, -0.1) is 11.8 Å². The van der Waals surface area contributed by atoms with Crippen molar-refractivity contribution in [3.8, 4) is 17.0 Å². The number of rotatable bonds is 0. The van der Waals surface area contributed by atoms with Gasteiger partial charge in [0.2, 0.25) is 0 Å². The Balaban J connectivity index is 0.00000121. The lowest BCUT2D eigenvalue weighted by atomic mass is 10.1. The minimum atomic E-state index is -0.459. The molecule has 2 aromatic carbocycles. The highest BCUT2D eigenvalue weighted by atomic mass is 32.2. The smallest absolute Gasteiger partial charge is 0.373 e. The molecule has 0 radical (unpaired) electrons. The summed E-state index contributed by atoms with van der Waals surface area (Å²) >= 11 is 1.79. The summed E-state index contributed by atoms with van der Waals surface area (Å²) in [6.45, 7) is 4.66. The van der Waals surface area contributed by atoms with Gasteiger partial charge < -0.3 is 25.3 Å². The van der Waals surface area contributed by atoms with Gasteiger partial charge in [0.1, 0.15) is 12.4 Å². The molecular weight excluding hydrogens is 496 g/mol. The first kappa shape index (κ1) is 27.8. The standard InChI is InChI=1S/C25H28N4O4S.CO2/c1-17-10-11-31-12-13-32-14-15-33-22-5-3-2-4-20(22)29-25(30)23-24(26)27-16-21(28-23)18-6-8-19(34-17)9-7-18;2-1-3/h2-9,16-17H,10-15H2,1H3,(H2,26,27)(H,29,30);. The Hall–Kier alpha value is -3.76. The highest BCUT2D eigenvalue weighted by molar-refractivity contribution is 7.99. The molecule has 2 aliphatic rings. The van der Waals surface area contributed by atoms with Crippen LogP contribution in [0, 0.1) is 0 Å². The van der Waals surface area contributed by atoms with E-state index in [0.29, 0.717) is 55.4 Å². The molecule has 5 rings (SSSR count). The molecule has 0 saturated heterocycles. The Morgan fingerprint density at radius 1 is 1.00 bits per heavy atom. The molecule has 0 fully saturated rings. The van der Waals surface area contributed by atoms with Gasteiger partial charge in [0.15, 0.2) is 11.5 Å². The monoisotopic (exact) mass is 524 g/mol. The lowest BCUT2D eigenvalue weighted by Gasteiger charge is -2.14. The molecule has 1 amide bonds. The Bertz CT molecular complexity index is 1200. The van der Waals surface area contributed by atoms with Gasteiger partial charge in [0.05, 0.1) is 37.4 Å². The largest absolute Gasteiger partial charge is 0.489 e. The number of carbonyl (C=O) groups excluding carboxylic acids is 3. The second kappa shape index (κ2) is 14.7. The van der Waals surface area contributed by atoms with Crippen molar-refractivity contribution in [1.82, 2.24) is 9.97 Å². The lowest BCUT2D eigenvalue weighted by molar-refractivity contribution is -0.191. The minimum absolute atomic E-state index is 0.0600. The molecule has 0 spiro atoms. The van der Waals surface area contributed by atoms with Gasteiger partial charge >= 0.3 is 6.15 Å². The van der Waals surface area contributed by atoms with E-state index in [2.05, 4.69) is 22.2 Å². The van der Waals surface area contributed by atoms with Crippen LogP contribution in [0.2, 0.25) is 0 Å². The number of para-hydroxylation sites is 2. The zero-order valence-electron chi connectivity index (χ0n) is 20.3. The van der Waals surface area contributed by atoms with E-state index >= 15 is 0 Å². The third-order valence-electron chi connectivity index (χ3n) is 5.16. The van der Waals surface area contributed by atoms with Crippen LogP contribution in [-0.2, 0) is 19.1 Å². The van der Waals surface area contributed by atoms with Crippen LogP contribution in [-0.4, -0.2) is 60.3 Å². The topological polar surface area (TPSA) is 143 Å². The van der Waals surface area contributed by atoms with Crippen LogP contribution >= 0.6 is 11.8 Å². The van der Waals surface area contributed by atoms with Gasteiger partial charge in [-0.25, -0.2) is 9.97 Å². The molecule has 3 heterocycles. The maximum absolute atomic E-state index is 13.0. The molecule has 2 aliphatic heterocycles. The molecule has 1 atom stereocenters. The summed E-state index contributed by atoms with van der Waals surface area (Å²) in [6.07, 6.45) is 2.76. The van der Waals surface area contributed by atoms with Gasteiger partial charge in [-0.05, 0) is 30.7 Å². The molecule has 0 aliphatic carbocycles. The van der Waals surface area contributed by atoms with Crippen LogP contribution in [0.3, 0.4) is 0 Å². The number of aromatic nitrogens is 2. The second-order valence-electron chi connectivity index (χ2n) is 7.84. The predicted octanol–water partition coefficient (Wildman–Crippen LogP) is 3.69. The molecule has 194 valence electrons. The van der Waals surface area contributed by atoms with Gasteiger partial charge in [-0.1, -0.05) is 31.2 Å². The number of carbonyl (C=O) groups is 1. The number of hydrogen-bond donors (Lipinski definition) is 2. The van der Waals surface area contributed by atoms with Crippen molar-refractivity contribution in [2.75, 3.05) is 44.1 Å². The van der Waals surface area contributed by atoms with Crippen molar-refractivity contribution >= 4 is 35.3 Å². The van der Waals surface area contributed by atoms with Gasteiger partial charge in [0, 0.05) is 22.3 Å². The zero-order valence-corrected chi connectivity index (χ0v) is 21.2. The summed E-state index contributed by atoms with van der Waals surface area (Å²) in [5.41, 5.74) is 7.99. The minimum Gasteiger partial charge on any atom is -0.489 e. The Kier molecular flexibility index (Phi) is 11.1. The number of fused-ring (bicyclic) bond motifs is 13. The summed E-state index contributed by atoms with van der Waals surface area (Å²) in [6, 6.07) is 15.2. The molecule has 37 heavy (non-hydrogen) atoms. The van der Waals surface area contributed by atoms with Gasteiger partial charge in [-0.2, -0.15) is 9.59 Å². The fourth-order valence-corrected chi connectivity index (χ4v) is 4.33. The van der Waals surface area contributed by atoms with Crippen LogP contribution in [0.1, 0.15) is 23.8 Å². The van der Waals surface area contributed by atoms with Crippen molar-refractivity contribution in [3.63, 3.8) is 0 Å². The SMILES string of the molecule is CC1CCOCCOCCOc2ccccc2NC(=O)c2nc(cnc2N)-c2ccc(cc2)S1.O=C=O. The number of nitrogens with zero attached hydrogens (tertiary/aromatic N) is 2. The second-order valence-corrected chi connectivity index (χ2v) is 9.35. The highest BCUT2D eigenvalue weighted by Gasteiger charge is 2.17. The molecule has 3 aromatic rings.